The van der Waals surface area contributed by atoms with Crippen molar-refractivity contribution in [3.63, 3.8) is 0 Å². The molecule has 0 bridgehead atoms. The number of nitrogens with one attached hydrogen (secondary N) is 1. The summed E-state index contributed by atoms with van der Waals surface area (Å²) >= 11 is 0. The Morgan fingerprint density at radius 2 is 1.36 bits per heavy atom. The molecule has 0 saturated carbocycles. The molecule has 4 aromatic carbocycles. The topological polar surface area (TPSA) is 72.5 Å². The number of esters is 1. The van der Waals surface area contributed by atoms with Gasteiger partial charge in [0.15, 0.2) is 0 Å². The zero-order valence-corrected chi connectivity index (χ0v) is 20.7. The molecular weight excluding hydrogens is 470 g/mol. The van der Waals surface area contributed by atoms with Crippen LogP contribution in [0.15, 0.2) is 108 Å². The molecule has 0 radical (unpaired) electrons. The third-order valence-electron chi connectivity index (χ3n) is 6.55. The molecule has 36 heavy (non-hydrogen) atoms. The second kappa shape index (κ2) is 10.1. The molecule has 6 heteroatoms. The molecule has 4 aromatic rings. The second-order valence-electron chi connectivity index (χ2n) is 9.03. The van der Waals surface area contributed by atoms with Gasteiger partial charge in [-0.3, -0.25) is 4.79 Å². The molecule has 182 valence electrons. The average Bonchev–Trinajstić information content (AvgIpc) is 3.21. The largest absolute Gasteiger partial charge is 0.463 e. The van der Waals surface area contributed by atoms with Crippen LogP contribution >= 0.6 is 0 Å². The average molecular weight is 498 g/mol. The smallest absolute Gasteiger partial charge is 0.324 e. The summed E-state index contributed by atoms with van der Waals surface area (Å²) in [5, 5.41) is 0. The molecule has 0 fully saturated rings. The summed E-state index contributed by atoms with van der Waals surface area (Å²) in [5.74, 6) is -0.705. The van der Waals surface area contributed by atoms with E-state index < -0.39 is 22.0 Å². The van der Waals surface area contributed by atoms with Crippen molar-refractivity contribution in [1.29, 1.82) is 0 Å². The molecule has 1 aliphatic carbocycles. The third-order valence-corrected chi connectivity index (χ3v) is 8.04. The highest BCUT2D eigenvalue weighted by Crippen LogP contribution is 2.44. The molecule has 0 aliphatic heterocycles. The van der Waals surface area contributed by atoms with Gasteiger partial charge in [-0.25, -0.2) is 8.42 Å². The number of carbonyl (C=O) groups excluding carboxylic acids is 1. The van der Waals surface area contributed by atoms with Gasteiger partial charge in [-0.1, -0.05) is 96.6 Å². The number of carbonyl (C=O) groups is 1. The molecular formula is C30H27NO4S. The number of benzene rings is 4. The summed E-state index contributed by atoms with van der Waals surface area (Å²) in [6, 6.07) is 31.0. The van der Waals surface area contributed by atoms with E-state index in [-0.39, 0.29) is 23.8 Å². The van der Waals surface area contributed by atoms with Gasteiger partial charge in [0.1, 0.15) is 12.6 Å². The van der Waals surface area contributed by atoms with E-state index in [0.29, 0.717) is 0 Å². The lowest BCUT2D eigenvalue weighted by Crippen LogP contribution is -2.43. The highest BCUT2D eigenvalue weighted by molar-refractivity contribution is 7.89. The minimum absolute atomic E-state index is 0.104. The molecule has 0 saturated heterocycles. The van der Waals surface area contributed by atoms with Crippen LogP contribution in [0.5, 0.6) is 0 Å². The van der Waals surface area contributed by atoms with Crippen molar-refractivity contribution in [2.24, 2.45) is 0 Å². The number of rotatable bonds is 8. The van der Waals surface area contributed by atoms with Gasteiger partial charge in [-0.05, 0) is 53.3 Å². The minimum atomic E-state index is -3.93. The predicted octanol–water partition coefficient (Wildman–Crippen LogP) is 5.24. The highest BCUT2D eigenvalue weighted by atomic mass is 32.2. The first kappa shape index (κ1) is 24.0. The lowest BCUT2D eigenvalue weighted by Gasteiger charge is -2.20. The van der Waals surface area contributed by atoms with Gasteiger partial charge in [0.2, 0.25) is 10.0 Å². The van der Waals surface area contributed by atoms with Crippen LogP contribution in [0, 0.1) is 6.92 Å². The van der Waals surface area contributed by atoms with Crippen molar-refractivity contribution in [2.45, 2.75) is 30.2 Å². The van der Waals surface area contributed by atoms with Crippen LogP contribution < -0.4 is 4.72 Å². The monoisotopic (exact) mass is 497 g/mol. The fourth-order valence-corrected chi connectivity index (χ4v) is 5.89. The summed E-state index contributed by atoms with van der Waals surface area (Å²) in [7, 11) is -3.93. The number of aryl methyl sites for hydroxylation is 1. The number of hydrogen-bond donors (Lipinski definition) is 1. The van der Waals surface area contributed by atoms with E-state index in [4.69, 9.17) is 4.74 Å². The summed E-state index contributed by atoms with van der Waals surface area (Å²) in [5.41, 5.74) is 6.26. The number of ether oxygens (including phenoxy) is 1. The molecule has 1 N–H and O–H groups in total. The van der Waals surface area contributed by atoms with E-state index in [1.54, 1.807) is 12.1 Å². The predicted molar refractivity (Wildman–Crippen MR) is 140 cm³/mol. The van der Waals surface area contributed by atoms with Gasteiger partial charge in [0.25, 0.3) is 0 Å². The zero-order valence-electron chi connectivity index (χ0n) is 19.9. The zero-order chi connectivity index (χ0) is 25.1. The fourth-order valence-electron chi connectivity index (χ4n) is 4.70. The molecule has 0 amide bonds. The first-order chi connectivity index (χ1) is 17.4. The van der Waals surface area contributed by atoms with Crippen molar-refractivity contribution < 1.29 is 17.9 Å². The SMILES string of the molecule is Cc1ccc(S(=O)(=O)N[C@@H](Cc2ccccc2)C(=O)OCC2c3ccccc3-c3ccccc32)cc1. The molecule has 0 heterocycles. The molecule has 0 aromatic heterocycles. The van der Waals surface area contributed by atoms with E-state index in [9.17, 15) is 13.2 Å². The highest BCUT2D eigenvalue weighted by Gasteiger charge is 2.32. The third kappa shape index (κ3) is 4.96. The summed E-state index contributed by atoms with van der Waals surface area (Å²) in [4.78, 5) is 13.5. The Balaban J connectivity index is 1.38. The van der Waals surface area contributed by atoms with Gasteiger partial charge in [0, 0.05) is 5.92 Å². The van der Waals surface area contributed by atoms with E-state index in [2.05, 4.69) is 29.0 Å². The maximum atomic E-state index is 13.3. The lowest BCUT2D eigenvalue weighted by molar-refractivity contribution is -0.145. The van der Waals surface area contributed by atoms with E-state index in [0.717, 1.165) is 33.4 Å². The quantitative estimate of drug-likeness (QED) is 0.338. The maximum Gasteiger partial charge on any atom is 0.324 e. The van der Waals surface area contributed by atoms with Crippen molar-refractivity contribution in [2.75, 3.05) is 6.61 Å². The summed E-state index contributed by atoms with van der Waals surface area (Å²) in [6.07, 6.45) is 0.183. The van der Waals surface area contributed by atoms with Crippen LogP contribution in [0.3, 0.4) is 0 Å². The number of sulfonamides is 1. The van der Waals surface area contributed by atoms with Crippen molar-refractivity contribution in [1.82, 2.24) is 4.72 Å². The lowest BCUT2D eigenvalue weighted by atomic mass is 9.98. The maximum absolute atomic E-state index is 13.3. The van der Waals surface area contributed by atoms with Crippen LogP contribution in [0.4, 0.5) is 0 Å². The van der Waals surface area contributed by atoms with Crippen LogP contribution in [0.1, 0.15) is 28.2 Å². The van der Waals surface area contributed by atoms with E-state index in [1.807, 2.05) is 61.5 Å². The van der Waals surface area contributed by atoms with Gasteiger partial charge in [0.05, 0.1) is 4.90 Å². The van der Waals surface area contributed by atoms with Crippen LogP contribution in [-0.4, -0.2) is 27.0 Å². The molecule has 5 rings (SSSR count). The Labute approximate surface area is 211 Å². The molecule has 5 nitrogen and oxygen atoms in total. The Hall–Kier alpha value is -3.74. The minimum Gasteiger partial charge on any atom is -0.463 e. The Morgan fingerprint density at radius 1 is 0.806 bits per heavy atom. The van der Waals surface area contributed by atoms with Gasteiger partial charge in [-0.15, -0.1) is 0 Å². The number of fused-ring (bicyclic) bond motifs is 3. The first-order valence-corrected chi connectivity index (χ1v) is 13.4. The van der Waals surface area contributed by atoms with Crippen molar-refractivity contribution in [3.05, 3.63) is 125 Å². The Morgan fingerprint density at radius 3 is 1.97 bits per heavy atom. The fraction of sp³-hybridized carbons (Fsp3) is 0.167. The second-order valence-corrected chi connectivity index (χ2v) is 10.7. The first-order valence-electron chi connectivity index (χ1n) is 11.9. The van der Waals surface area contributed by atoms with Gasteiger partial charge < -0.3 is 4.74 Å². The summed E-state index contributed by atoms with van der Waals surface area (Å²) in [6.45, 7) is 2.02. The van der Waals surface area contributed by atoms with Crippen molar-refractivity contribution in [3.8, 4) is 11.1 Å². The van der Waals surface area contributed by atoms with Gasteiger partial charge >= 0.3 is 5.97 Å². The van der Waals surface area contributed by atoms with Crippen LogP contribution in [-0.2, 0) is 26.0 Å². The van der Waals surface area contributed by atoms with Gasteiger partial charge in [-0.2, -0.15) is 4.72 Å². The van der Waals surface area contributed by atoms with Crippen molar-refractivity contribution >= 4 is 16.0 Å². The molecule has 0 spiro atoms. The summed E-state index contributed by atoms with van der Waals surface area (Å²) < 4.78 is 34.6. The number of hydrogen-bond acceptors (Lipinski definition) is 4. The molecule has 1 atom stereocenters. The standard InChI is InChI=1S/C30H27NO4S/c1-21-15-17-23(18-16-21)36(33,34)31-29(19-22-9-3-2-4-10-22)30(32)35-20-28-26-13-7-5-11-24(26)25-12-6-8-14-27(25)28/h2-18,28-29,31H,19-20H2,1H3/t29-/m0/s1. The Bertz CT molecular complexity index is 1440. The van der Waals surface area contributed by atoms with E-state index in [1.165, 1.54) is 12.1 Å². The normalized spacial score (nSPS) is 13.6. The van der Waals surface area contributed by atoms with Crippen LogP contribution in [0.25, 0.3) is 11.1 Å². The molecule has 0 unspecified atom stereocenters. The molecule has 1 aliphatic rings. The van der Waals surface area contributed by atoms with Crippen LogP contribution in [0.2, 0.25) is 0 Å². The Kier molecular flexibility index (Phi) is 6.72. The van der Waals surface area contributed by atoms with E-state index >= 15 is 0 Å².